The summed E-state index contributed by atoms with van der Waals surface area (Å²) in [4.78, 5) is 21.1. The number of hydrogen-bond acceptors (Lipinski definition) is 5. The second-order valence-corrected chi connectivity index (χ2v) is 6.14. The minimum Gasteiger partial charge on any atom is -0.455 e. The number of para-hydroxylation sites is 2. The van der Waals surface area contributed by atoms with E-state index in [1.54, 1.807) is 12.3 Å². The van der Waals surface area contributed by atoms with E-state index in [0.29, 0.717) is 5.56 Å². The number of fused-ring (bicyclic) bond motifs is 2. The van der Waals surface area contributed by atoms with E-state index in [1.165, 1.54) is 11.3 Å². The summed E-state index contributed by atoms with van der Waals surface area (Å²) < 4.78 is 6.52. The molecule has 0 spiro atoms. The number of ether oxygens (including phenoxy) is 1. The molecule has 0 radical (unpaired) electrons. The first kappa shape index (κ1) is 13.8. The van der Waals surface area contributed by atoms with Crippen LogP contribution >= 0.6 is 11.3 Å². The molecule has 0 atom stereocenters. The van der Waals surface area contributed by atoms with Gasteiger partial charge in [0.1, 0.15) is 11.6 Å². The average molecular weight is 320 g/mol. The molecule has 0 aliphatic rings. The normalized spacial score (nSPS) is 11.0. The second kappa shape index (κ2) is 5.78. The first-order valence-electron chi connectivity index (χ1n) is 7.16. The van der Waals surface area contributed by atoms with Gasteiger partial charge in [-0.15, -0.1) is 11.3 Å². The summed E-state index contributed by atoms with van der Waals surface area (Å²) in [5.41, 5.74) is 2.23. The van der Waals surface area contributed by atoms with Gasteiger partial charge in [0, 0.05) is 11.6 Å². The van der Waals surface area contributed by atoms with Crippen LogP contribution in [-0.4, -0.2) is 15.9 Å². The summed E-state index contributed by atoms with van der Waals surface area (Å²) in [7, 11) is 0. The van der Waals surface area contributed by atoms with Gasteiger partial charge in [0.25, 0.3) is 0 Å². The van der Waals surface area contributed by atoms with Gasteiger partial charge in [-0.25, -0.2) is 9.78 Å². The molecule has 0 amide bonds. The lowest BCUT2D eigenvalue weighted by Gasteiger charge is -2.05. The number of nitrogens with zero attached hydrogens (tertiary/aromatic N) is 2. The number of carbonyl (C=O) groups excluding carboxylic acids is 1. The fourth-order valence-corrected chi connectivity index (χ4v) is 3.34. The van der Waals surface area contributed by atoms with E-state index in [1.807, 2.05) is 48.5 Å². The van der Waals surface area contributed by atoms with Gasteiger partial charge in [0.2, 0.25) is 0 Å². The Morgan fingerprint density at radius 2 is 1.78 bits per heavy atom. The van der Waals surface area contributed by atoms with Crippen LogP contribution < -0.4 is 0 Å². The Hall–Kier alpha value is -2.79. The van der Waals surface area contributed by atoms with E-state index < -0.39 is 0 Å². The summed E-state index contributed by atoms with van der Waals surface area (Å²) in [5, 5.41) is 1.59. The molecule has 0 saturated carbocycles. The van der Waals surface area contributed by atoms with E-state index in [4.69, 9.17) is 4.74 Å². The number of pyridine rings is 1. The summed E-state index contributed by atoms with van der Waals surface area (Å²) in [5.74, 6) is -0.358. The Morgan fingerprint density at radius 3 is 2.65 bits per heavy atom. The summed E-state index contributed by atoms with van der Waals surface area (Å²) in [6, 6.07) is 17.1. The van der Waals surface area contributed by atoms with Crippen molar-refractivity contribution in [3.05, 3.63) is 71.4 Å². The minimum absolute atomic E-state index is 0.175. The Kier molecular flexibility index (Phi) is 3.48. The van der Waals surface area contributed by atoms with Crippen LogP contribution in [0.15, 0.2) is 60.8 Å². The van der Waals surface area contributed by atoms with Gasteiger partial charge in [-0.2, -0.15) is 0 Å². The highest BCUT2D eigenvalue weighted by Gasteiger charge is 2.13. The molecule has 2 aromatic carbocycles. The smallest absolute Gasteiger partial charge is 0.339 e. The van der Waals surface area contributed by atoms with Crippen LogP contribution in [-0.2, 0) is 11.3 Å². The highest BCUT2D eigenvalue weighted by Crippen LogP contribution is 2.23. The van der Waals surface area contributed by atoms with Crippen molar-refractivity contribution in [3.8, 4) is 0 Å². The van der Waals surface area contributed by atoms with Crippen molar-refractivity contribution >= 4 is 38.4 Å². The molecule has 112 valence electrons. The standard InChI is InChI=1S/C18H12N2O2S/c21-18(13-9-10-19-14-6-2-1-5-12(13)14)22-11-17-20-15-7-3-4-8-16(15)23-17/h1-10H,11H2. The van der Waals surface area contributed by atoms with Crippen LogP contribution in [0.5, 0.6) is 0 Å². The van der Waals surface area contributed by atoms with Crippen LogP contribution in [0.4, 0.5) is 0 Å². The zero-order valence-corrected chi connectivity index (χ0v) is 12.9. The van der Waals surface area contributed by atoms with Crippen molar-refractivity contribution < 1.29 is 9.53 Å². The van der Waals surface area contributed by atoms with E-state index in [-0.39, 0.29) is 12.6 Å². The number of benzene rings is 2. The van der Waals surface area contributed by atoms with Gasteiger partial charge in [0.15, 0.2) is 0 Å². The third kappa shape index (κ3) is 2.66. The van der Waals surface area contributed by atoms with Gasteiger partial charge in [-0.3, -0.25) is 4.98 Å². The van der Waals surface area contributed by atoms with Gasteiger partial charge in [0.05, 0.1) is 21.3 Å². The zero-order chi connectivity index (χ0) is 15.6. The van der Waals surface area contributed by atoms with Crippen molar-refractivity contribution in [1.82, 2.24) is 9.97 Å². The molecule has 2 aromatic heterocycles. The van der Waals surface area contributed by atoms with Gasteiger partial charge < -0.3 is 4.74 Å². The Balaban J connectivity index is 1.57. The van der Waals surface area contributed by atoms with Crippen LogP contribution in [0.3, 0.4) is 0 Å². The maximum absolute atomic E-state index is 12.4. The van der Waals surface area contributed by atoms with Crippen molar-refractivity contribution in [2.24, 2.45) is 0 Å². The lowest BCUT2D eigenvalue weighted by Crippen LogP contribution is -2.06. The van der Waals surface area contributed by atoms with Crippen molar-refractivity contribution in [2.75, 3.05) is 0 Å². The summed E-state index contributed by atoms with van der Waals surface area (Å²) >= 11 is 1.54. The summed E-state index contributed by atoms with van der Waals surface area (Å²) in [6.45, 7) is 0.175. The predicted molar refractivity (Wildman–Crippen MR) is 90.5 cm³/mol. The number of carbonyl (C=O) groups is 1. The highest BCUT2D eigenvalue weighted by atomic mass is 32.1. The highest BCUT2D eigenvalue weighted by molar-refractivity contribution is 7.18. The van der Waals surface area contributed by atoms with Crippen molar-refractivity contribution in [3.63, 3.8) is 0 Å². The lowest BCUT2D eigenvalue weighted by molar-refractivity contribution is 0.0475. The monoisotopic (exact) mass is 320 g/mol. The third-order valence-electron chi connectivity index (χ3n) is 3.53. The van der Waals surface area contributed by atoms with Crippen LogP contribution in [0.25, 0.3) is 21.1 Å². The van der Waals surface area contributed by atoms with E-state index in [0.717, 1.165) is 26.1 Å². The number of hydrogen-bond donors (Lipinski definition) is 0. The third-order valence-corrected chi connectivity index (χ3v) is 4.54. The van der Waals surface area contributed by atoms with Gasteiger partial charge in [-0.1, -0.05) is 30.3 Å². The molecule has 2 heterocycles. The Morgan fingerprint density at radius 1 is 1.00 bits per heavy atom. The summed E-state index contributed by atoms with van der Waals surface area (Å²) in [6.07, 6.45) is 1.62. The molecule has 4 rings (SSSR count). The quantitative estimate of drug-likeness (QED) is 0.531. The van der Waals surface area contributed by atoms with Crippen LogP contribution in [0, 0.1) is 0 Å². The molecular weight excluding hydrogens is 308 g/mol. The van der Waals surface area contributed by atoms with E-state index in [9.17, 15) is 4.79 Å². The molecule has 0 bridgehead atoms. The first-order valence-corrected chi connectivity index (χ1v) is 7.98. The SMILES string of the molecule is O=C(OCc1nc2ccccc2s1)c1ccnc2ccccc12. The predicted octanol–water partition coefficient (Wildman–Crippen LogP) is 4.20. The number of thiazole rings is 1. The van der Waals surface area contributed by atoms with Crippen LogP contribution in [0.2, 0.25) is 0 Å². The van der Waals surface area contributed by atoms with E-state index in [2.05, 4.69) is 9.97 Å². The number of aromatic nitrogens is 2. The van der Waals surface area contributed by atoms with Gasteiger partial charge in [-0.05, 0) is 24.3 Å². The zero-order valence-electron chi connectivity index (χ0n) is 12.1. The molecule has 0 N–H and O–H groups in total. The van der Waals surface area contributed by atoms with Crippen LogP contribution in [0.1, 0.15) is 15.4 Å². The molecule has 23 heavy (non-hydrogen) atoms. The Bertz CT molecular complexity index is 972. The second-order valence-electron chi connectivity index (χ2n) is 5.03. The number of rotatable bonds is 3. The molecular formula is C18H12N2O2S. The van der Waals surface area contributed by atoms with Crippen molar-refractivity contribution in [1.29, 1.82) is 0 Å². The molecule has 5 heteroatoms. The van der Waals surface area contributed by atoms with Crippen molar-refractivity contribution in [2.45, 2.75) is 6.61 Å². The molecule has 0 unspecified atom stereocenters. The molecule has 0 aliphatic heterocycles. The largest absolute Gasteiger partial charge is 0.455 e. The first-order chi connectivity index (χ1) is 11.3. The maximum atomic E-state index is 12.4. The number of esters is 1. The maximum Gasteiger partial charge on any atom is 0.339 e. The van der Waals surface area contributed by atoms with Gasteiger partial charge >= 0.3 is 5.97 Å². The fourth-order valence-electron chi connectivity index (χ4n) is 2.46. The molecule has 0 saturated heterocycles. The Labute approximate surface area is 136 Å². The fraction of sp³-hybridized carbons (Fsp3) is 0.0556. The minimum atomic E-state index is -0.358. The topological polar surface area (TPSA) is 52.1 Å². The average Bonchev–Trinajstić information content (AvgIpc) is 3.02. The molecule has 0 aliphatic carbocycles. The molecule has 4 aromatic rings. The van der Waals surface area contributed by atoms with E-state index >= 15 is 0 Å². The molecule has 0 fully saturated rings. The molecule has 4 nitrogen and oxygen atoms in total. The lowest BCUT2D eigenvalue weighted by atomic mass is 10.1.